The molecule has 0 saturated heterocycles. The largest absolute Gasteiger partial charge is 0.494 e. The van der Waals surface area contributed by atoms with Crippen LogP contribution in [0.15, 0.2) is 34.5 Å². The molecule has 1 aromatic rings. The molecule has 80 valence electrons. The van der Waals surface area contributed by atoms with Gasteiger partial charge in [0, 0.05) is 10.0 Å². The van der Waals surface area contributed by atoms with Gasteiger partial charge in [-0.05, 0) is 12.1 Å². The van der Waals surface area contributed by atoms with E-state index in [1.807, 2.05) is 0 Å². The minimum Gasteiger partial charge on any atom is -0.494 e. The molecule has 0 bridgehead atoms. The van der Waals surface area contributed by atoms with E-state index < -0.39 is 5.82 Å². The Morgan fingerprint density at radius 2 is 2.12 bits per heavy atom. The average Bonchev–Trinajstić information content (AvgIpc) is 2.27. The van der Waals surface area contributed by atoms with Gasteiger partial charge in [0.05, 0.1) is 0 Å². The predicted octanol–water partition coefficient (Wildman–Crippen LogP) is 3.04. The van der Waals surface area contributed by atoms with Crippen LogP contribution in [-0.2, 0) is 11.3 Å². The van der Waals surface area contributed by atoms with Crippen molar-refractivity contribution in [2.24, 2.45) is 0 Å². The van der Waals surface area contributed by atoms with Crippen LogP contribution in [0, 0.1) is 28.5 Å². The third-order valence-corrected chi connectivity index (χ3v) is 2.19. The smallest absolute Gasteiger partial charge is 0.164 e. The molecule has 5 heteroatoms. The second kappa shape index (κ2) is 5.89. The van der Waals surface area contributed by atoms with E-state index in [0.717, 1.165) is 6.26 Å². The van der Waals surface area contributed by atoms with E-state index in [1.165, 1.54) is 6.07 Å². The maximum absolute atomic E-state index is 13.3. The third-order valence-electron chi connectivity index (χ3n) is 1.70. The maximum Gasteiger partial charge on any atom is 0.164 e. The van der Waals surface area contributed by atoms with Crippen molar-refractivity contribution in [2.45, 2.75) is 6.61 Å². The number of benzene rings is 1. The van der Waals surface area contributed by atoms with Gasteiger partial charge in [0.25, 0.3) is 0 Å². The van der Waals surface area contributed by atoms with Crippen molar-refractivity contribution < 1.29 is 9.13 Å². The molecule has 0 aliphatic rings. The molecule has 0 heterocycles. The summed E-state index contributed by atoms with van der Waals surface area (Å²) in [6, 6.07) is 7.83. The average molecular weight is 281 g/mol. The van der Waals surface area contributed by atoms with Crippen molar-refractivity contribution in [3.63, 3.8) is 0 Å². The summed E-state index contributed by atoms with van der Waals surface area (Å²) in [6.45, 7) is -0.0219. The Labute approximate surface area is 100 Å². The lowest BCUT2D eigenvalue weighted by atomic mass is 10.2. The van der Waals surface area contributed by atoms with E-state index in [1.54, 1.807) is 24.3 Å². The van der Waals surface area contributed by atoms with Gasteiger partial charge in [-0.15, -0.1) is 0 Å². The lowest BCUT2D eigenvalue weighted by Crippen LogP contribution is -1.92. The van der Waals surface area contributed by atoms with Crippen molar-refractivity contribution in [3.8, 4) is 12.1 Å². The predicted molar refractivity (Wildman–Crippen MR) is 58.2 cm³/mol. The Kier molecular flexibility index (Phi) is 4.50. The molecule has 0 N–H and O–H groups in total. The molecular formula is C11H6BrFN2O. The summed E-state index contributed by atoms with van der Waals surface area (Å²) in [5.41, 5.74) is 0.201. The number of rotatable bonds is 3. The van der Waals surface area contributed by atoms with Crippen LogP contribution in [0.5, 0.6) is 0 Å². The number of nitriles is 2. The van der Waals surface area contributed by atoms with Gasteiger partial charge in [-0.25, -0.2) is 4.39 Å². The van der Waals surface area contributed by atoms with Crippen molar-refractivity contribution in [3.05, 3.63) is 45.9 Å². The van der Waals surface area contributed by atoms with Gasteiger partial charge in [0.1, 0.15) is 30.8 Å². The number of halogens is 2. The molecule has 3 nitrogen and oxygen atoms in total. The van der Waals surface area contributed by atoms with Gasteiger partial charge in [-0.2, -0.15) is 10.5 Å². The molecule has 0 aromatic heterocycles. The van der Waals surface area contributed by atoms with Crippen LogP contribution >= 0.6 is 15.9 Å². The molecule has 0 unspecified atom stereocenters. The van der Waals surface area contributed by atoms with Crippen LogP contribution in [0.4, 0.5) is 4.39 Å². The Morgan fingerprint density at radius 3 is 2.69 bits per heavy atom. The number of hydrogen-bond donors (Lipinski definition) is 0. The van der Waals surface area contributed by atoms with Gasteiger partial charge in [0.2, 0.25) is 0 Å². The fraction of sp³-hybridized carbons (Fsp3) is 0.0909. The molecule has 0 saturated carbocycles. The molecule has 0 atom stereocenters. The summed E-state index contributed by atoms with van der Waals surface area (Å²) < 4.78 is 18.8. The van der Waals surface area contributed by atoms with Crippen molar-refractivity contribution in [1.82, 2.24) is 0 Å². The van der Waals surface area contributed by atoms with E-state index >= 15 is 0 Å². The van der Waals surface area contributed by atoms with Gasteiger partial charge in [-0.3, -0.25) is 0 Å². The first-order valence-corrected chi connectivity index (χ1v) is 5.02. The summed E-state index contributed by atoms with van der Waals surface area (Å²) >= 11 is 3.13. The molecule has 0 aliphatic heterocycles. The number of allylic oxidation sites excluding steroid dienone is 1. The van der Waals surface area contributed by atoms with E-state index in [2.05, 4.69) is 15.9 Å². The Balaban J connectivity index is 2.67. The number of ether oxygens (including phenoxy) is 1. The summed E-state index contributed by atoms with van der Waals surface area (Å²) in [6.07, 6.45) is 1.02. The summed E-state index contributed by atoms with van der Waals surface area (Å²) in [5, 5.41) is 16.8. The number of hydrogen-bond acceptors (Lipinski definition) is 3. The molecule has 0 radical (unpaired) electrons. The van der Waals surface area contributed by atoms with E-state index in [4.69, 9.17) is 15.3 Å². The molecule has 0 aliphatic carbocycles. The van der Waals surface area contributed by atoms with Gasteiger partial charge < -0.3 is 4.74 Å². The molecule has 1 rings (SSSR count). The quantitative estimate of drug-likeness (QED) is 0.632. The maximum atomic E-state index is 13.3. The van der Waals surface area contributed by atoms with Crippen molar-refractivity contribution in [1.29, 1.82) is 10.5 Å². The summed E-state index contributed by atoms with van der Waals surface area (Å²) in [4.78, 5) is 0. The van der Waals surface area contributed by atoms with Gasteiger partial charge in [0.15, 0.2) is 5.57 Å². The molecule has 1 aromatic carbocycles. The lowest BCUT2D eigenvalue weighted by molar-refractivity contribution is 0.231. The lowest BCUT2D eigenvalue weighted by Gasteiger charge is -2.03. The van der Waals surface area contributed by atoms with E-state index in [0.29, 0.717) is 10.0 Å². The van der Waals surface area contributed by atoms with Gasteiger partial charge >= 0.3 is 0 Å². The zero-order valence-electron chi connectivity index (χ0n) is 8.08. The topological polar surface area (TPSA) is 56.8 Å². The fourth-order valence-corrected chi connectivity index (χ4v) is 1.26. The highest BCUT2D eigenvalue weighted by atomic mass is 79.9. The first-order chi connectivity index (χ1) is 7.67. The highest BCUT2D eigenvalue weighted by Crippen LogP contribution is 2.16. The second-order valence-corrected chi connectivity index (χ2v) is 3.72. The normalized spacial score (nSPS) is 8.75. The van der Waals surface area contributed by atoms with Crippen molar-refractivity contribution in [2.75, 3.05) is 0 Å². The van der Waals surface area contributed by atoms with Crippen LogP contribution in [0.25, 0.3) is 0 Å². The molecule has 16 heavy (non-hydrogen) atoms. The summed E-state index contributed by atoms with van der Waals surface area (Å²) in [7, 11) is 0. The highest BCUT2D eigenvalue weighted by Gasteiger charge is 2.02. The summed E-state index contributed by atoms with van der Waals surface area (Å²) in [5.74, 6) is -0.404. The third kappa shape index (κ3) is 3.38. The first kappa shape index (κ1) is 12.2. The zero-order valence-corrected chi connectivity index (χ0v) is 9.66. The number of nitrogens with zero attached hydrogens (tertiary/aromatic N) is 2. The van der Waals surface area contributed by atoms with E-state index in [-0.39, 0.29) is 12.2 Å². The molecular weight excluding hydrogens is 275 g/mol. The molecule has 0 amide bonds. The Hall–Kier alpha value is -1.85. The minimum atomic E-state index is -0.404. The highest BCUT2D eigenvalue weighted by molar-refractivity contribution is 9.10. The zero-order chi connectivity index (χ0) is 12.0. The monoisotopic (exact) mass is 280 g/mol. The second-order valence-electron chi connectivity index (χ2n) is 2.80. The first-order valence-electron chi connectivity index (χ1n) is 4.23. The molecule has 0 fully saturated rings. The fourth-order valence-electron chi connectivity index (χ4n) is 0.931. The van der Waals surface area contributed by atoms with Crippen molar-refractivity contribution >= 4 is 15.9 Å². The Morgan fingerprint density at radius 1 is 1.44 bits per heavy atom. The van der Waals surface area contributed by atoms with E-state index in [9.17, 15) is 4.39 Å². The van der Waals surface area contributed by atoms with Crippen LogP contribution in [0.2, 0.25) is 0 Å². The minimum absolute atomic E-state index is 0.0219. The SMILES string of the molecule is N#CC(C#N)=COCc1ccc(Br)cc1F. The van der Waals surface area contributed by atoms with Gasteiger partial charge in [-0.1, -0.05) is 22.0 Å². The standard InChI is InChI=1S/C11H6BrFN2O/c12-10-2-1-9(11(13)3-10)7-16-6-8(4-14)5-15/h1-3,6H,7H2. The van der Waals surface area contributed by atoms with Crippen LogP contribution in [0.3, 0.4) is 0 Å². The van der Waals surface area contributed by atoms with Crippen LogP contribution in [0.1, 0.15) is 5.56 Å². The Bertz CT molecular complexity index is 484. The van der Waals surface area contributed by atoms with Crippen LogP contribution in [-0.4, -0.2) is 0 Å². The van der Waals surface area contributed by atoms with Crippen LogP contribution < -0.4 is 0 Å². The molecule has 0 spiro atoms.